The molecule has 11 rings (SSSR count). The molecule has 4 atom stereocenters. The molecule has 79 heavy (non-hydrogen) atoms. The lowest BCUT2D eigenvalue weighted by molar-refractivity contribution is -0.141. The molecule has 0 saturated carbocycles. The molecule has 0 unspecified atom stereocenters. The van der Waals surface area contributed by atoms with Crippen molar-refractivity contribution >= 4 is 58.3 Å². The second-order valence-corrected chi connectivity index (χ2v) is 20.2. The summed E-state index contributed by atoms with van der Waals surface area (Å²) >= 11 is 0. The highest BCUT2D eigenvalue weighted by Gasteiger charge is 2.42. The van der Waals surface area contributed by atoms with Crippen molar-refractivity contribution in [3.05, 3.63) is 144 Å². The Morgan fingerprint density at radius 2 is 1.18 bits per heavy atom. The molecule has 3 fully saturated rings. The third kappa shape index (κ3) is 13.1. The second kappa shape index (κ2) is 23.8. The summed E-state index contributed by atoms with van der Waals surface area (Å²) in [6, 6.07) is 24.7. The molecular formula is C57H60F2N10O10. The molecule has 4 aromatic heterocycles. The maximum Gasteiger partial charge on any atom is 0.329 e. The van der Waals surface area contributed by atoms with Crippen molar-refractivity contribution in [1.82, 2.24) is 19.9 Å². The predicted octanol–water partition coefficient (Wildman–Crippen LogP) is 7.39. The fourth-order valence-electron chi connectivity index (χ4n) is 10.1. The number of halogens is 2. The molecule has 5 aliphatic rings. The summed E-state index contributed by atoms with van der Waals surface area (Å²) in [5.41, 5.74) is 3.88. The third-order valence-corrected chi connectivity index (χ3v) is 14.1. The number of aliphatic hydroxyl groups excluding tert-OH is 2. The first-order valence-electron chi connectivity index (χ1n) is 26.2. The number of benzene rings is 2. The largest absolute Gasteiger partial charge is 0.491 e. The van der Waals surface area contributed by atoms with Gasteiger partial charge in [0.2, 0.25) is 0 Å². The minimum Gasteiger partial charge on any atom is -0.491 e. The lowest BCUT2D eigenvalue weighted by Gasteiger charge is -2.35. The van der Waals surface area contributed by atoms with E-state index in [-0.39, 0.29) is 78.4 Å². The fourth-order valence-corrected chi connectivity index (χ4v) is 10.1. The topological polar surface area (TPSA) is 234 Å². The van der Waals surface area contributed by atoms with E-state index < -0.39 is 24.5 Å². The van der Waals surface area contributed by atoms with E-state index in [2.05, 4.69) is 40.4 Å². The number of anilines is 6. The van der Waals surface area contributed by atoms with Crippen LogP contribution in [0.2, 0.25) is 0 Å². The van der Waals surface area contributed by atoms with Gasteiger partial charge in [0.25, 0.3) is 0 Å². The molecule has 2 aromatic carbocycles. The van der Waals surface area contributed by atoms with Gasteiger partial charge in [-0.15, -0.1) is 0 Å². The van der Waals surface area contributed by atoms with Crippen LogP contribution in [0.15, 0.2) is 109 Å². The molecule has 4 bridgehead atoms. The molecule has 412 valence electrons. The Morgan fingerprint density at radius 3 is 1.63 bits per heavy atom. The highest BCUT2D eigenvalue weighted by atomic mass is 19.1. The zero-order valence-electron chi connectivity index (χ0n) is 43.6. The number of nitrogens with zero attached hydrogens (tertiary/aromatic N) is 8. The van der Waals surface area contributed by atoms with Crippen molar-refractivity contribution in [3.63, 3.8) is 0 Å². The average Bonchev–Trinajstić information content (AvgIpc) is 4.31. The quantitative estimate of drug-likeness (QED) is 0.0652. The van der Waals surface area contributed by atoms with E-state index in [0.29, 0.717) is 73.8 Å². The first-order valence-corrected chi connectivity index (χ1v) is 26.2. The summed E-state index contributed by atoms with van der Waals surface area (Å²) < 4.78 is 49.1. The summed E-state index contributed by atoms with van der Waals surface area (Å²) in [6.07, 6.45) is 4.73. The van der Waals surface area contributed by atoms with Gasteiger partial charge in [-0.2, -0.15) is 0 Å². The summed E-state index contributed by atoms with van der Waals surface area (Å²) in [5, 5.41) is 24.1. The minimum atomic E-state index is -1.02. The van der Waals surface area contributed by atoms with Crippen molar-refractivity contribution in [2.24, 2.45) is 0 Å². The average molecular weight is 1080 g/mol. The first-order chi connectivity index (χ1) is 38.1. The molecule has 20 nitrogen and oxygen atoms in total. The number of carbonyl (C=O) groups excluding carboxylic acids is 4. The molecule has 4 amide bonds. The van der Waals surface area contributed by atoms with E-state index in [1.165, 1.54) is 36.5 Å². The summed E-state index contributed by atoms with van der Waals surface area (Å²) in [6.45, 7) is 6.86. The van der Waals surface area contributed by atoms with Crippen molar-refractivity contribution in [3.8, 4) is 11.5 Å². The Labute approximate surface area is 454 Å². The number of amides is 4. The lowest BCUT2D eigenvalue weighted by atomic mass is 10.1. The van der Waals surface area contributed by atoms with Crippen LogP contribution in [0.5, 0.6) is 11.5 Å². The molecule has 6 aromatic rings. The number of aryl methyl sites for hydroxylation is 2. The van der Waals surface area contributed by atoms with Crippen molar-refractivity contribution in [1.29, 1.82) is 0 Å². The Balaban J connectivity index is 0.000000179. The van der Waals surface area contributed by atoms with E-state index in [0.717, 1.165) is 48.4 Å². The number of rotatable bonds is 17. The zero-order chi connectivity index (χ0) is 55.2. The molecule has 22 heteroatoms. The molecule has 4 N–H and O–H groups in total. The third-order valence-electron chi connectivity index (χ3n) is 14.1. The van der Waals surface area contributed by atoms with E-state index >= 15 is 0 Å². The van der Waals surface area contributed by atoms with Crippen LogP contribution < -0.4 is 39.7 Å². The van der Waals surface area contributed by atoms with Gasteiger partial charge in [0.05, 0.1) is 36.7 Å². The van der Waals surface area contributed by atoms with Crippen LogP contribution >= 0.6 is 0 Å². The van der Waals surface area contributed by atoms with Gasteiger partial charge in [-0.25, -0.2) is 38.3 Å². The van der Waals surface area contributed by atoms with Crippen molar-refractivity contribution in [2.45, 2.75) is 82.5 Å². The fraction of sp³-hybridized carbons (Fsp3) is 0.368. The number of carbonyl (C=O) groups is 4. The number of urea groups is 2. The van der Waals surface area contributed by atoms with Gasteiger partial charge in [0, 0.05) is 63.5 Å². The minimum absolute atomic E-state index is 0.0816. The number of Topliss-reactive ketones (excluding diaryl/α,β-unsaturated/α-hetero) is 2. The van der Waals surface area contributed by atoms with Gasteiger partial charge in [-0.3, -0.25) is 30.0 Å². The summed E-state index contributed by atoms with van der Waals surface area (Å²) in [5.74, 6) is 0.805. The number of ketones is 2. The number of fused-ring (bicyclic) bond motifs is 8. The molecule has 0 radical (unpaired) electrons. The van der Waals surface area contributed by atoms with Crippen LogP contribution in [0.4, 0.5) is 53.0 Å². The Morgan fingerprint density at radius 1 is 0.696 bits per heavy atom. The number of hydrogen-bond donors (Lipinski definition) is 4. The van der Waals surface area contributed by atoms with Gasteiger partial charge in [0.1, 0.15) is 71.6 Å². The van der Waals surface area contributed by atoms with Crippen LogP contribution in [0.25, 0.3) is 0 Å². The smallest absolute Gasteiger partial charge is 0.329 e. The van der Waals surface area contributed by atoms with Crippen LogP contribution in [0, 0.1) is 11.6 Å². The normalized spacial score (nSPS) is 18.7. The highest BCUT2D eigenvalue weighted by Crippen LogP contribution is 2.41. The first kappa shape index (κ1) is 54.2. The molecule has 5 aliphatic heterocycles. The standard InChI is InChI=1S/C30H32FN5O5.C27H28FN5O5/c1-30(2)40-18-23(41-30)17-39-22-11-13-32-27(15-22)34-29(38)36-21-12-14-35(16-21)25-9-8-24(33-28(25)36)26(37)10-5-19-3-6-20(31)7-4-19;28-18-4-1-17(2-5-18)3-8-24(36)22-6-7-23-26(30-22)33(19-10-12-32(23)14-19)27(37)31-25-13-21(9-11-29-25)38-16-20(35)15-34/h3-4,6-9,11,13,15,21,23H,5,10,12,14,16-18H2,1-2H3,(H,32,34,38);1-2,4-7,9,11,13,19-20,34-35H,3,8,10,12,14-16H2,(H,29,31,37)/t21-,23-;19-,20+/m00/s1. The van der Waals surface area contributed by atoms with E-state index in [4.69, 9.17) is 24.1 Å². The maximum atomic E-state index is 13.6. The van der Waals surface area contributed by atoms with Gasteiger partial charge in [0.15, 0.2) is 29.0 Å². The van der Waals surface area contributed by atoms with E-state index in [1.807, 2.05) is 26.0 Å². The highest BCUT2D eigenvalue weighted by molar-refractivity contribution is 6.06. The Hall–Kier alpha value is -8.18. The number of nitrogens with one attached hydrogen (secondary N) is 2. The molecule has 0 aliphatic carbocycles. The monoisotopic (exact) mass is 1080 g/mol. The molecule has 0 spiro atoms. The SMILES string of the molecule is CC1(C)OC[C@H](COc2ccnc(NC(=O)N3c4nc(C(=O)CCc5ccc(F)cc5)ccc4N4CC[C@H]3C4)c2)O1.O=C(CCc1ccc(F)cc1)c1ccc2c(n1)N(C(=O)Nc1cc(OC[C@H](O)CO)ccn1)[C@H]1CCN2C1. The van der Waals surface area contributed by atoms with Gasteiger partial charge in [-0.1, -0.05) is 24.3 Å². The van der Waals surface area contributed by atoms with Gasteiger partial charge < -0.3 is 39.0 Å². The summed E-state index contributed by atoms with van der Waals surface area (Å²) in [7, 11) is 0. The number of hydrogen-bond acceptors (Lipinski definition) is 16. The van der Waals surface area contributed by atoms with Crippen LogP contribution in [-0.2, 0) is 22.3 Å². The lowest BCUT2D eigenvalue weighted by Crippen LogP contribution is -2.48. The maximum absolute atomic E-state index is 13.6. The predicted molar refractivity (Wildman–Crippen MR) is 288 cm³/mol. The Bertz CT molecular complexity index is 3190. The van der Waals surface area contributed by atoms with Crippen molar-refractivity contribution < 1.29 is 57.1 Å². The second-order valence-electron chi connectivity index (χ2n) is 20.2. The van der Waals surface area contributed by atoms with Crippen LogP contribution in [0.3, 0.4) is 0 Å². The molecule has 3 saturated heterocycles. The molecular weight excluding hydrogens is 1020 g/mol. The zero-order valence-corrected chi connectivity index (χ0v) is 43.6. The van der Waals surface area contributed by atoms with Gasteiger partial charge >= 0.3 is 12.1 Å². The Kier molecular flexibility index (Phi) is 16.3. The van der Waals surface area contributed by atoms with Crippen molar-refractivity contribution in [2.75, 3.05) is 82.8 Å². The number of aliphatic hydroxyl groups is 2. The van der Waals surface area contributed by atoms with E-state index in [9.17, 15) is 33.1 Å². The van der Waals surface area contributed by atoms with Crippen LogP contribution in [-0.4, -0.2) is 136 Å². The number of aromatic nitrogens is 4. The number of ether oxygens (including phenoxy) is 4. The molecule has 9 heterocycles. The van der Waals surface area contributed by atoms with E-state index in [1.54, 1.807) is 70.6 Å². The summed E-state index contributed by atoms with van der Waals surface area (Å²) in [4.78, 5) is 78.4. The number of pyridine rings is 4. The van der Waals surface area contributed by atoms with Gasteiger partial charge in [-0.05, 0) is 111 Å². The van der Waals surface area contributed by atoms with Crippen LogP contribution in [0.1, 0.15) is 71.6 Å².